The van der Waals surface area contributed by atoms with E-state index in [1.54, 1.807) is 4.90 Å². The van der Waals surface area contributed by atoms with Crippen LogP contribution in [0.5, 0.6) is 0 Å². The summed E-state index contributed by atoms with van der Waals surface area (Å²) in [7, 11) is 0. The first-order valence-corrected chi connectivity index (χ1v) is 10.7. The molecule has 1 aromatic carbocycles. The van der Waals surface area contributed by atoms with Gasteiger partial charge >= 0.3 is 0 Å². The van der Waals surface area contributed by atoms with E-state index >= 15 is 0 Å². The maximum absolute atomic E-state index is 13.4. The maximum atomic E-state index is 13.4. The standard InChI is InChI=1S/C21H15N5OS2/c22-9-13-15(12-6-8-28-10-12)16-17(23)18(29-20(16)25-19(13)24)21(27)26-7-5-11-3-1-2-4-14(11)26/h1-4,6,8,10H,5,7,23H2,(H2,24,25). The highest BCUT2D eigenvalue weighted by molar-refractivity contribution is 7.21. The summed E-state index contributed by atoms with van der Waals surface area (Å²) in [5.41, 5.74) is 16.7. The molecule has 1 aliphatic heterocycles. The Morgan fingerprint density at radius 3 is 2.83 bits per heavy atom. The molecule has 0 saturated carbocycles. The molecule has 0 unspecified atom stereocenters. The lowest BCUT2D eigenvalue weighted by Crippen LogP contribution is -2.28. The van der Waals surface area contributed by atoms with Gasteiger partial charge in [-0.1, -0.05) is 18.2 Å². The molecular formula is C21H15N5OS2. The lowest BCUT2D eigenvalue weighted by molar-refractivity contribution is 0.0994. The van der Waals surface area contributed by atoms with Gasteiger partial charge in [-0.05, 0) is 40.4 Å². The van der Waals surface area contributed by atoms with Crippen LogP contribution in [0.3, 0.4) is 0 Å². The lowest BCUT2D eigenvalue weighted by atomic mass is 9.99. The topological polar surface area (TPSA) is 109 Å². The smallest absolute Gasteiger partial charge is 0.270 e. The molecule has 0 fully saturated rings. The molecule has 8 heteroatoms. The third-order valence-corrected chi connectivity index (χ3v) is 6.92. The number of nitriles is 1. The summed E-state index contributed by atoms with van der Waals surface area (Å²) < 4.78 is 0. The molecule has 5 rings (SSSR count). The Labute approximate surface area is 174 Å². The SMILES string of the molecule is N#Cc1c(N)nc2sc(C(=O)N3CCc4ccccc43)c(N)c2c1-c1ccsc1. The summed E-state index contributed by atoms with van der Waals surface area (Å²) in [6.07, 6.45) is 0.816. The van der Waals surface area contributed by atoms with Crippen molar-refractivity contribution in [3.05, 3.63) is 57.1 Å². The van der Waals surface area contributed by atoms with Gasteiger partial charge in [0.25, 0.3) is 5.91 Å². The van der Waals surface area contributed by atoms with Crippen molar-refractivity contribution < 1.29 is 4.79 Å². The van der Waals surface area contributed by atoms with Crippen LogP contribution in [0.1, 0.15) is 20.8 Å². The molecule has 1 aliphatic rings. The van der Waals surface area contributed by atoms with Gasteiger partial charge in [-0.25, -0.2) is 4.98 Å². The van der Waals surface area contributed by atoms with E-state index in [9.17, 15) is 10.1 Å². The molecule has 0 atom stereocenters. The second kappa shape index (κ2) is 6.58. The number of fused-ring (bicyclic) bond motifs is 2. The summed E-state index contributed by atoms with van der Waals surface area (Å²) in [6.45, 7) is 0.613. The van der Waals surface area contributed by atoms with Crippen molar-refractivity contribution in [2.75, 3.05) is 22.9 Å². The van der Waals surface area contributed by atoms with Gasteiger partial charge in [-0.3, -0.25) is 4.79 Å². The molecule has 29 heavy (non-hydrogen) atoms. The maximum Gasteiger partial charge on any atom is 0.270 e. The number of carbonyl (C=O) groups is 1. The molecule has 0 spiro atoms. The molecule has 0 saturated heterocycles. The van der Waals surface area contributed by atoms with E-state index in [4.69, 9.17) is 11.5 Å². The highest BCUT2D eigenvalue weighted by atomic mass is 32.1. The summed E-state index contributed by atoms with van der Waals surface area (Å²) in [6, 6.07) is 11.9. The number of nitrogens with two attached hydrogens (primary N) is 2. The minimum Gasteiger partial charge on any atom is -0.397 e. The lowest BCUT2D eigenvalue weighted by Gasteiger charge is -2.16. The summed E-state index contributed by atoms with van der Waals surface area (Å²) >= 11 is 2.74. The van der Waals surface area contributed by atoms with Gasteiger partial charge in [0.15, 0.2) is 0 Å². The number of thiophene rings is 2. The summed E-state index contributed by atoms with van der Waals surface area (Å²) in [5.74, 6) is -0.00300. The Hall–Kier alpha value is -3.41. The van der Waals surface area contributed by atoms with Crippen LogP contribution < -0.4 is 16.4 Å². The molecule has 4 heterocycles. The van der Waals surface area contributed by atoms with Crippen molar-refractivity contribution in [1.82, 2.24) is 4.98 Å². The summed E-state index contributed by atoms with van der Waals surface area (Å²) in [5, 5.41) is 14.1. The highest BCUT2D eigenvalue weighted by Gasteiger charge is 2.30. The average molecular weight is 418 g/mol. The monoisotopic (exact) mass is 417 g/mol. The Morgan fingerprint density at radius 1 is 1.24 bits per heavy atom. The molecule has 3 aromatic heterocycles. The van der Waals surface area contributed by atoms with Crippen molar-refractivity contribution in [1.29, 1.82) is 5.26 Å². The summed E-state index contributed by atoms with van der Waals surface area (Å²) in [4.78, 5) is 20.5. The third kappa shape index (κ3) is 2.59. The predicted octanol–water partition coefficient (Wildman–Crippen LogP) is 4.26. The Morgan fingerprint density at radius 2 is 2.07 bits per heavy atom. The Balaban J connectivity index is 1.72. The van der Waals surface area contributed by atoms with E-state index < -0.39 is 0 Å². The van der Waals surface area contributed by atoms with Gasteiger partial charge in [0, 0.05) is 23.2 Å². The molecule has 1 amide bonds. The molecule has 142 valence electrons. The van der Waals surface area contributed by atoms with Crippen LogP contribution in [0.4, 0.5) is 17.2 Å². The van der Waals surface area contributed by atoms with Crippen molar-refractivity contribution in [2.45, 2.75) is 6.42 Å². The van der Waals surface area contributed by atoms with Crippen LogP contribution in [0.2, 0.25) is 0 Å². The van der Waals surface area contributed by atoms with E-state index in [0.717, 1.165) is 23.2 Å². The fraction of sp³-hybridized carbons (Fsp3) is 0.0952. The number of pyridine rings is 1. The predicted molar refractivity (Wildman–Crippen MR) is 118 cm³/mol. The van der Waals surface area contributed by atoms with Gasteiger partial charge < -0.3 is 16.4 Å². The molecule has 4 N–H and O–H groups in total. The fourth-order valence-corrected chi connectivity index (χ4v) is 5.52. The van der Waals surface area contributed by atoms with Crippen LogP contribution in [0, 0.1) is 11.3 Å². The number of hydrogen-bond donors (Lipinski definition) is 2. The van der Waals surface area contributed by atoms with Crippen LogP contribution in [-0.4, -0.2) is 17.4 Å². The minimum absolute atomic E-state index is 0.146. The fourth-order valence-electron chi connectivity index (χ4n) is 3.81. The van der Waals surface area contributed by atoms with Crippen LogP contribution in [0.25, 0.3) is 21.3 Å². The molecule has 4 aromatic rings. The zero-order valence-electron chi connectivity index (χ0n) is 15.2. The van der Waals surface area contributed by atoms with Gasteiger partial charge in [0.05, 0.1) is 5.69 Å². The van der Waals surface area contributed by atoms with Gasteiger partial charge in [0.1, 0.15) is 27.2 Å². The number of nitrogens with zero attached hydrogens (tertiary/aromatic N) is 3. The van der Waals surface area contributed by atoms with E-state index in [1.165, 1.54) is 22.7 Å². The zero-order valence-corrected chi connectivity index (χ0v) is 16.8. The first-order valence-electron chi connectivity index (χ1n) is 8.94. The second-order valence-electron chi connectivity index (χ2n) is 6.73. The van der Waals surface area contributed by atoms with Crippen molar-refractivity contribution in [3.63, 3.8) is 0 Å². The van der Waals surface area contributed by atoms with E-state index in [-0.39, 0.29) is 17.3 Å². The number of amides is 1. The van der Waals surface area contributed by atoms with Crippen molar-refractivity contribution >= 4 is 56.0 Å². The van der Waals surface area contributed by atoms with E-state index in [0.29, 0.717) is 32.9 Å². The van der Waals surface area contributed by atoms with Gasteiger partial charge in [-0.15, -0.1) is 11.3 Å². The molecule has 6 nitrogen and oxygen atoms in total. The number of para-hydroxylation sites is 1. The van der Waals surface area contributed by atoms with Crippen molar-refractivity contribution in [3.8, 4) is 17.2 Å². The van der Waals surface area contributed by atoms with E-state index in [1.807, 2.05) is 41.1 Å². The van der Waals surface area contributed by atoms with Crippen molar-refractivity contribution in [2.24, 2.45) is 0 Å². The van der Waals surface area contributed by atoms with Gasteiger partial charge in [0.2, 0.25) is 0 Å². The van der Waals surface area contributed by atoms with Gasteiger partial charge in [-0.2, -0.15) is 16.6 Å². The number of rotatable bonds is 2. The molecule has 0 bridgehead atoms. The Kier molecular flexibility index (Phi) is 4.01. The number of benzene rings is 1. The number of aromatic nitrogens is 1. The highest BCUT2D eigenvalue weighted by Crippen LogP contribution is 2.44. The second-order valence-corrected chi connectivity index (χ2v) is 8.51. The quantitative estimate of drug-likeness (QED) is 0.506. The number of nitrogen functional groups attached to an aromatic ring is 2. The molecule has 0 radical (unpaired) electrons. The molecular weight excluding hydrogens is 402 g/mol. The molecule has 0 aliphatic carbocycles. The Bertz CT molecular complexity index is 1320. The number of anilines is 3. The van der Waals surface area contributed by atoms with Crippen LogP contribution in [-0.2, 0) is 6.42 Å². The zero-order chi connectivity index (χ0) is 20.1. The normalized spacial score (nSPS) is 12.9. The van der Waals surface area contributed by atoms with Crippen LogP contribution in [0.15, 0.2) is 41.1 Å². The van der Waals surface area contributed by atoms with E-state index in [2.05, 4.69) is 11.1 Å². The first kappa shape index (κ1) is 17.7. The number of hydrogen-bond acceptors (Lipinski definition) is 7. The number of carbonyl (C=O) groups excluding carboxylic acids is 1. The average Bonchev–Trinajstić information content (AvgIpc) is 3.46. The first-order chi connectivity index (χ1) is 14.1. The third-order valence-electron chi connectivity index (χ3n) is 5.15. The van der Waals surface area contributed by atoms with Crippen LogP contribution >= 0.6 is 22.7 Å². The minimum atomic E-state index is -0.149. The largest absolute Gasteiger partial charge is 0.397 e.